The number of nitrogens with one attached hydrogen (secondary N) is 1. The Kier molecular flexibility index (Phi) is 5.49. The van der Waals surface area contributed by atoms with Gasteiger partial charge in [-0.05, 0) is 44.7 Å². The number of hydrogen-bond acceptors (Lipinski definition) is 4. The first-order chi connectivity index (χ1) is 9.66. The van der Waals surface area contributed by atoms with Gasteiger partial charge in [-0.1, -0.05) is 12.1 Å². The molecule has 0 aliphatic carbocycles. The van der Waals surface area contributed by atoms with Crippen molar-refractivity contribution in [3.05, 3.63) is 39.4 Å². The van der Waals surface area contributed by atoms with Crippen molar-refractivity contribution in [3.63, 3.8) is 0 Å². The summed E-state index contributed by atoms with van der Waals surface area (Å²) < 4.78 is 5.67. The van der Waals surface area contributed by atoms with Gasteiger partial charge in [0.25, 0.3) is 5.69 Å². The first kappa shape index (κ1) is 14.9. The molecule has 0 bridgehead atoms. The van der Waals surface area contributed by atoms with Crippen molar-refractivity contribution in [2.24, 2.45) is 0 Å². The van der Waals surface area contributed by atoms with Gasteiger partial charge >= 0.3 is 0 Å². The van der Waals surface area contributed by atoms with E-state index in [9.17, 15) is 10.1 Å². The molecule has 0 saturated carbocycles. The molecule has 0 spiro atoms. The lowest BCUT2D eigenvalue weighted by atomic mass is 10.1. The smallest absolute Gasteiger partial charge is 0.272 e. The number of ether oxygens (including phenoxy) is 1. The van der Waals surface area contributed by atoms with Crippen LogP contribution in [0.2, 0.25) is 0 Å². The maximum atomic E-state index is 10.9. The zero-order valence-electron chi connectivity index (χ0n) is 11.9. The lowest BCUT2D eigenvalue weighted by Gasteiger charge is -2.22. The highest BCUT2D eigenvalue weighted by Crippen LogP contribution is 2.19. The van der Waals surface area contributed by atoms with E-state index >= 15 is 0 Å². The third-order valence-corrected chi connectivity index (χ3v) is 3.72. The predicted molar refractivity (Wildman–Crippen MR) is 77.7 cm³/mol. The maximum Gasteiger partial charge on any atom is 0.272 e. The number of hydrogen-bond donors (Lipinski definition) is 1. The maximum absolute atomic E-state index is 10.9. The average molecular weight is 278 g/mol. The fraction of sp³-hybridized carbons (Fsp3) is 0.600. The molecule has 110 valence electrons. The molecule has 1 aliphatic heterocycles. The molecule has 5 heteroatoms. The van der Waals surface area contributed by atoms with E-state index in [0.29, 0.717) is 18.2 Å². The summed E-state index contributed by atoms with van der Waals surface area (Å²) in [5.74, 6) is 0. The SMILES string of the molecule is Cc1ccc(CNCCC2CCCCO2)cc1[N+](=O)[O-]. The molecule has 0 amide bonds. The molecule has 1 heterocycles. The Labute approximate surface area is 119 Å². The lowest BCUT2D eigenvalue weighted by molar-refractivity contribution is -0.385. The summed E-state index contributed by atoms with van der Waals surface area (Å²) in [6.07, 6.45) is 4.97. The molecule has 1 saturated heterocycles. The van der Waals surface area contributed by atoms with Gasteiger partial charge in [0.05, 0.1) is 11.0 Å². The second kappa shape index (κ2) is 7.36. The first-order valence-electron chi connectivity index (χ1n) is 7.23. The quantitative estimate of drug-likeness (QED) is 0.493. The molecule has 1 aromatic rings. The zero-order chi connectivity index (χ0) is 14.4. The first-order valence-corrected chi connectivity index (χ1v) is 7.23. The highest BCUT2D eigenvalue weighted by Gasteiger charge is 2.13. The van der Waals surface area contributed by atoms with Gasteiger partial charge in [-0.2, -0.15) is 0 Å². The van der Waals surface area contributed by atoms with Gasteiger partial charge in [0.1, 0.15) is 0 Å². The van der Waals surface area contributed by atoms with E-state index in [1.807, 2.05) is 6.07 Å². The van der Waals surface area contributed by atoms with Crippen LogP contribution in [0.5, 0.6) is 0 Å². The van der Waals surface area contributed by atoms with E-state index in [-0.39, 0.29) is 10.6 Å². The zero-order valence-corrected chi connectivity index (χ0v) is 11.9. The van der Waals surface area contributed by atoms with Crippen molar-refractivity contribution < 1.29 is 9.66 Å². The minimum atomic E-state index is -0.325. The average Bonchev–Trinajstić information content (AvgIpc) is 2.46. The summed E-state index contributed by atoms with van der Waals surface area (Å²) >= 11 is 0. The number of rotatable bonds is 6. The van der Waals surface area contributed by atoms with Crippen molar-refractivity contribution >= 4 is 5.69 Å². The summed E-state index contributed by atoms with van der Waals surface area (Å²) in [7, 11) is 0. The largest absolute Gasteiger partial charge is 0.378 e. The molecule has 1 N–H and O–H groups in total. The molecule has 2 rings (SSSR count). The molecule has 0 radical (unpaired) electrons. The number of benzene rings is 1. The van der Waals surface area contributed by atoms with Crippen LogP contribution in [0.15, 0.2) is 18.2 Å². The summed E-state index contributed by atoms with van der Waals surface area (Å²) in [4.78, 5) is 10.6. The topological polar surface area (TPSA) is 64.4 Å². The fourth-order valence-corrected chi connectivity index (χ4v) is 2.49. The van der Waals surface area contributed by atoms with Crippen LogP contribution in [0.3, 0.4) is 0 Å². The van der Waals surface area contributed by atoms with Gasteiger partial charge in [-0.3, -0.25) is 10.1 Å². The fourth-order valence-electron chi connectivity index (χ4n) is 2.49. The van der Waals surface area contributed by atoms with E-state index in [0.717, 1.165) is 31.6 Å². The summed E-state index contributed by atoms with van der Waals surface area (Å²) in [6.45, 7) is 4.19. The molecule has 1 aromatic carbocycles. The number of nitro groups is 1. The standard InChI is InChI=1S/C15H22N2O3/c1-12-5-6-13(10-15(12)17(18)19)11-16-8-7-14-4-2-3-9-20-14/h5-6,10,14,16H,2-4,7-9,11H2,1H3. The molecule has 1 fully saturated rings. The molecular weight excluding hydrogens is 256 g/mol. The number of nitrogens with zero attached hydrogens (tertiary/aromatic N) is 1. The van der Waals surface area contributed by atoms with Crippen LogP contribution in [0.1, 0.15) is 36.8 Å². The monoisotopic (exact) mass is 278 g/mol. The minimum absolute atomic E-state index is 0.194. The van der Waals surface area contributed by atoms with Crippen molar-refractivity contribution in [1.29, 1.82) is 0 Å². The van der Waals surface area contributed by atoms with Gasteiger partial charge in [0.15, 0.2) is 0 Å². The van der Waals surface area contributed by atoms with Crippen molar-refractivity contribution in [2.45, 2.75) is 45.3 Å². The Bertz CT molecular complexity index is 456. The summed E-state index contributed by atoms with van der Waals surface area (Å²) in [6, 6.07) is 5.39. The molecule has 20 heavy (non-hydrogen) atoms. The van der Waals surface area contributed by atoms with Gasteiger partial charge in [-0.15, -0.1) is 0 Å². The molecule has 5 nitrogen and oxygen atoms in total. The lowest BCUT2D eigenvalue weighted by Crippen LogP contribution is -2.25. The van der Waals surface area contributed by atoms with E-state index in [1.54, 1.807) is 19.1 Å². The third-order valence-electron chi connectivity index (χ3n) is 3.72. The molecule has 1 unspecified atom stereocenters. The van der Waals surface area contributed by atoms with Gasteiger partial charge < -0.3 is 10.1 Å². The Morgan fingerprint density at radius 2 is 2.30 bits per heavy atom. The van der Waals surface area contributed by atoms with Crippen LogP contribution in [0.25, 0.3) is 0 Å². The highest BCUT2D eigenvalue weighted by atomic mass is 16.6. The molecule has 1 atom stereocenters. The summed E-state index contributed by atoms with van der Waals surface area (Å²) in [5, 5.41) is 14.2. The minimum Gasteiger partial charge on any atom is -0.378 e. The van der Waals surface area contributed by atoms with Crippen LogP contribution in [0.4, 0.5) is 5.69 Å². The van der Waals surface area contributed by atoms with Crippen LogP contribution >= 0.6 is 0 Å². The Morgan fingerprint density at radius 3 is 3.00 bits per heavy atom. The van der Waals surface area contributed by atoms with E-state index < -0.39 is 0 Å². The van der Waals surface area contributed by atoms with Crippen molar-refractivity contribution in [3.8, 4) is 0 Å². The number of nitro benzene ring substituents is 1. The molecule has 1 aliphatic rings. The predicted octanol–water partition coefficient (Wildman–Crippen LogP) is 2.95. The number of aryl methyl sites for hydroxylation is 1. The highest BCUT2D eigenvalue weighted by molar-refractivity contribution is 5.42. The summed E-state index contributed by atoms with van der Waals surface area (Å²) in [5.41, 5.74) is 1.85. The van der Waals surface area contributed by atoms with E-state index in [4.69, 9.17) is 4.74 Å². The van der Waals surface area contributed by atoms with Crippen LogP contribution < -0.4 is 5.32 Å². The van der Waals surface area contributed by atoms with E-state index in [1.165, 1.54) is 12.8 Å². The van der Waals surface area contributed by atoms with Crippen molar-refractivity contribution in [1.82, 2.24) is 5.32 Å². The molecular formula is C15H22N2O3. The molecule has 0 aromatic heterocycles. The van der Waals surface area contributed by atoms with E-state index in [2.05, 4.69) is 5.32 Å². The normalized spacial score (nSPS) is 18.9. The Morgan fingerprint density at radius 1 is 1.45 bits per heavy atom. The van der Waals surface area contributed by atoms with Gasteiger partial charge in [-0.25, -0.2) is 0 Å². The van der Waals surface area contributed by atoms with Gasteiger partial charge in [0, 0.05) is 24.8 Å². The van der Waals surface area contributed by atoms with Crippen LogP contribution in [0, 0.1) is 17.0 Å². The second-order valence-electron chi connectivity index (χ2n) is 5.33. The van der Waals surface area contributed by atoms with Gasteiger partial charge in [0.2, 0.25) is 0 Å². The Hall–Kier alpha value is -1.46. The van der Waals surface area contributed by atoms with Crippen molar-refractivity contribution in [2.75, 3.05) is 13.2 Å². The van der Waals surface area contributed by atoms with Crippen LogP contribution in [-0.4, -0.2) is 24.2 Å². The Balaban J connectivity index is 1.76. The third kappa shape index (κ3) is 4.28. The van der Waals surface area contributed by atoms with Crippen LogP contribution in [-0.2, 0) is 11.3 Å². The second-order valence-corrected chi connectivity index (χ2v) is 5.33.